The number of rotatable bonds is 3. The van der Waals surface area contributed by atoms with Crippen molar-refractivity contribution in [2.24, 2.45) is 0 Å². The molecule has 0 unspecified atom stereocenters. The van der Waals surface area contributed by atoms with Gasteiger partial charge in [0.25, 0.3) is 0 Å². The number of nitrogens with two attached hydrogens (primary N) is 1. The highest BCUT2D eigenvalue weighted by atomic mass is 16.5. The molecule has 1 aromatic heterocycles. The van der Waals surface area contributed by atoms with Gasteiger partial charge in [0.05, 0.1) is 0 Å². The van der Waals surface area contributed by atoms with E-state index in [1.165, 1.54) is 0 Å². The van der Waals surface area contributed by atoms with E-state index in [2.05, 4.69) is 16.9 Å². The molecule has 0 aliphatic carbocycles. The van der Waals surface area contributed by atoms with Crippen LogP contribution in [0.15, 0.2) is 18.2 Å². The van der Waals surface area contributed by atoms with Crippen LogP contribution in [0.3, 0.4) is 0 Å². The maximum atomic E-state index is 5.87. The molecule has 1 heterocycles. The van der Waals surface area contributed by atoms with E-state index in [9.17, 15) is 0 Å². The third kappa shape index (κ3) is 3.02. The van der Waals surface area contributed by atoms with E-state index in [0.29, 0.717) is 5.88 Å². The molecule has 4 nitrogen and oxygen atoms in total. The Hall–Kier alpha value is -2.10. The van der Waals surface area contributed by atoms with Gasteiger partial charge in [0, 0.05) is 17.4 Å². The molecule has 0 aliphatic rings. The van der Waals surface area contributed by atoms with Crippen molar-refractivity contribution in [2.45, 2.75) is 34.1 Å². The summed E-state index contributed by atoms with van der Waals surface area (Å²) in [5.41, 5.74) is 9.63. The largest absolute Gasteiger partial charge is 0.439 e. The Morgan fingerprint density at radius 2 is 1.79 bits per heavy atom. The highest BCUT2D eigenvalue weighted by molar-refractivity contribution is 5.54. The highest BCUT2D eigenvalue weighted by Gasteiger charge is 2.07. The van der Waals surface area contributed by atoms with Gasteiger partial charge in [0.15, 0.2) is 0 Å². The second kappa shape index (κ2) is 5.26. The standard InChI is InChI=1S/C15H19N3O/c1-5-12-8-15(18-11(4)17-12)19-14-7-9(2)13(16)6-10(14)3/h6-8H,5,16H2,1-4H3. The first-order valence-electron chi connectivity index (χ1n) is 6.38. The summed E-state index contributed by atoms with van der Waals surface area (Å²) in [6.45, 7) is 7.86. The Balaban J connectivity index is 2.36. The highest BCUT2D eigenvalue weighted by Crippen LogP contribution is 2.28. The van der Waals surface area contributed by atoms with E-state index in [1.807, 2.05) is 39.0 Å². The molecule has 0 aliphatic heterocycles. The molecule has 100 valence electrons. The smallest absolute Gasteiger partial charge is 0.222 e. The molecule has 1 aromatic carbocycles. The number of hydrogen-bond acceptors (Lipinski definition) is 4. The summed E-state index contributed by atoms with van der Waals surface area (Å²) in [7, 11) is 0. The predicted molar refractivity (Wildman–Crippen MR) is 76.5 cm³/mol. The van der Waals surface area contributed by atoms with E-state index in [1.54, 1.807) is 0 Å². The zero-order valence-electron chi connectivity index (χ0n) is 11.8. The summed E-state index contributed by atoms with van der Waals surface area (Å²) in [6.07, 6.45) is 0.861. The van der Waals surface area contributed by atoms with Crippen LogP contribution < -0.4 is 10.5 Å². The fourth-order valence-corrected chi connectivity index (χ4v) is 1.87. The van der Waals surface area contributed by atoms with Crippen molar-refractivity contribution in [1.29, 1.82) is 0 Å². The van der Waals surface area contributed by atoms with Gasteiger partial charge in [0.1, 0.15) is 11.6 Å². The van der Waals surface area contributed by atoms with Crippen molar-refractivity contribution in [1.82, 2.24) is 9.97 Å². The van der Waals surface area contributed by atoms with E-state index in [4.69, 9.17) is 10.5 Å². The van der Waals surface area contributed by atoms with Crippen molar-refractivity contribution in [2.75, 3.05) is 5.73 Å². The topological polar surface area (TPSA) is 61.0 Å². The van der Waals surface area contributed by atoms with Crippen molar-refractivity contribution in [3.8, 4) is 11.6 Å². The van der Waals surface area contributed by atoms with Crippen LogP contribution in [-0.2, 0) is 6.42 Å². The Morgan fingerprint density at radius 3 is 2.47 bits per heavy atom. The number of hydrogen-bond donors (Lipinski definition) is 1. The van der Waals surface area contributed by atoms with E-state index in [0.717, 1.165) is 40.5 Å². The molecule has 2 aromatic rings. The molecule has 0 saturated heterocycles. The lowest BCUT2D eigenvalue weighted by molar-refractivity contribution is 0.455. The zero-order valence-corrected chi connectivity index (χ0v) is 11.8. The van der Waals surface area contributed by atoms with Crippen LogP contribution in [0.5, 0.6) is 11.6 Å². The van der Waals surface area contributed by atoms with Gasteiger partial charge in [-0.15, -0.1) is 0 Å². The summed E-state index contributed by atoms with van der Waals surface area (Å²) >= 11 is 0. The van der Waals surface area contributed by atoms with Crippen molar-refractivity contribution in [3.63, 3.8) is 0 Å². The number of benzene rings is 1. The summed E-state index contributed by atoms with van der Waals surface area (Å²) in [6, 6.07) is 5.73. The van der Waals surface area contributed by atoms with E-state index < -0.39 is 0 Å². The van der Waals surface area contributed by atoms with Gasteiger partial charge in [-0.1, -0.05) is 6.92 Å². The Bertz CT molecular complexity index is 609. The molecule has 0 amide bonds. The van der Waals surface area contributed by atoms with Crippen molar-refractivity contribution in [3.05, 3.63) is 40.8 Å². The SMILES string of the molecule is CCc1cc(Oc2cc(C)c(N)cc2C)nc(C)n1. The van der Waals surface area contributed by atoms with Crippen LogP contribution in [0.4, 0.5) is 5.69 Å². The first-order chi connectivity index (χ1) is 8.99. The van der Waals surface area contributed by atoms with E-state index in [-0.39, 0.29) is 0 Å². The average Bonchev–Trinajstić information content (AvgIpc) is 2.35. The first kappa shape index (κ1) is 13.3. The van der Waals surface area contributed by atoms with Gasteiger partial charge in [-0.2, -0.15) is 4.98 Å². The summed E-state index contributed by atoms with van der Waals surface area (Å²) in [5.74, 6) is 2.09. The van der Waals surface area contributed by atoms with Gasteiger partial charge in [-0.25, -0.2) is 4.98 Å². The lowest BCUT2D eigenvalue weighted by atomic mass is 10.1. The molecule has 4 heteroatoms. The number of ether oxygens (including phenoxy) is 1. The fourth-order valence-electron chi connectivity index (χ4n) is 1.87. The molecule has 2 rings (SSSR count). The first-order valence-corrected chi connectivity index (χ1v) is 6.38. The van der Waals surface area contributed by atoms with Gasteiger partial charge >= 0.3 is 0 Å². The third-order valence-corrected chi connectivity index (χ3v) is 3.01. The van der Waals surface area contributed by atoms with E-state index >= 15 is 0 Å². The minimum absolute atomic E-state index is 0.580. The molecule has 0 bridgehead atoms. The predicted octanol–water partition coefficient (Wildman–Crippen LogP) is 3.34. The van der Waals surface area contributed by atoms with Crippen LogP contribution >= 0.6 is 0 Å². The fraction of sp³-hybridized carbons (Fsp3) is 0.333. The second-order valence-electron chi connectivity index (χ2n) is 4.67. The minimum Gasteiger partial charge on any atom is -0.439 e. The molecule has 0 saturated carbocycles. The molecule has 0 atom stereocenters. The van der Waals surface area contributed by atoms with Crippen molar-refractivity contribution < 1.29 is 4.74 Å². The summed E-state index contributed by atoms with van der Waals surface area (Å²) in [5, 5.41) is 0. The molecule has 0 spiro atoms. The molecular weight excluding hydrogens is 238 g/mol. The maximum Gasteiger partial charge on any atom is 0.222 e. The van der Waals surface area contributed by atoms with Crippen LogP contribution in [0.2, 0.25) is 0 Å². The number of aryl methyl sites for hydroxylation is 4. The molecule has 2 N–H and O–H groups in total. The average molecular weight is 257 g/mol. The lowest BCUT2D eigenvalue weighted by Gasteiger charge is -2.11. The van der Waals surface area contributed by atoms with Crippen LogP contribution in [0, 0.1) is 20.8 Å². The number of nitrogen functional groups attached to an aromatic ring is 1. The second-order valence-corrected chi connectivity index (χ2v) is 4.67. The Morgan fingerprint density at radius 1 is 1.05 bits per heavy atom. The normalized spacial score (nSPS) is 10.5. The maximum absolute atomic E-state index is 5.87. The van der Waals surface area contributed by atoms with Crippen LogP contribution in [-0.4, -0.2) is 9.97 Å². The molecule has 0 fully saturated rings. The van der Waals surface area contributed by atoms with Gasteiger partial charge in [-0.05, 0) is 50.5 Å². The van der Waals surface area contributed by atoms with Gasteiger partial charge in [0.2, 0.25) is 5.88 Å². The Labute approximate surface area is 113 Å². The molecule has 19 heavy (non-hydrogen) atoms. The summed E-state index contributed by atoms with van der Waals surface area (Å²) < 4.78 is 5.86. The summed E-state index contributed by atoms with van der Waals surface area (Å²) in [4.78, 5) is 8.64. The Kier molecular flexibility index (Phi) is 3.69. The monoisotopic (exact) mass is 257 g/mol. The minimum atomic E-state index is 0.580. The quantitative estimate of drug-likeness (QED) is 0.857. The molecule has 0 radical (unpaired) electrons. The number of anilines is 1. The lowest BCUT2D eigenvalue weighted by Crippen LogP contribution is -1.99. The van der Waals surface area contributed by atoms with Gasteiger partial charge < -0.3 is 10.5 Å². The number of aromatic nitrogens is 2. The van der Waals surface area contributed by atoms with Crippen molar-refractivity contribution >= 4 is 5.69 Å². The zero-order chi connectivity index (χ0) is 14.0. The van der Waals surface area contributed by atoms with Gasteiger partial charge in [-0.3, -0.25) is 0 Å². The third-order valence-electron chi connectivity index (χ3n) is 3.01. The van der Waals surface area contributed by atoms with Crippen LogP contribution in [0.25, 0.3) is 0 Å². The molecular formula is C15H19N3O. The van der Waals surface area contributed by atoms with Crippen LogP contribution in [0.1, 0.15) is 29.6 Å². The number of nitrogens with zero attached hydrogens (tertiary/aromatic N) is 2.